The molecule has 26 heavy (non-hydrogen) atoms. The maximum Gasteiger partial charge on any atom is 0.195 e. The summed E-state index contributed by atoms with van der Waals surface area (Å²) in [7, 11) is 5.77. The van der Waals surface area contributed by atoms with Gasteiger partial charge in [0.2, 0.25) is 0 Å². The van der Waals surface area contributed by atoms with Crippen LogP contribution in [-0.4, -0.2) is 46.1 Å². The minimum atomic E-state index is 0.0263. The number of hydrogen-bond acceptors (Lipinski definition) is 5. The van der Waals surface area contributed by atoms with Gasteiger partial charge in [0.15, 0.2) is 5.78 Å². The largest absolute Gasteiger partial charge is 0.375 e. The molecule has 1 aliphatic carbocycles. The van der Waals surface area contributed by atoms with Crippen LogP contribution in [0.2, 0.25) is 0 Å². The number of allylic oxidation sites excluding steroid dienone is 3. The van der Waals surface area contributed by atoms with Crippen molar-refractivity contribution >= 4 is 11.9 Å². The average molecular weight is 347 g/mol. The molecule has 0 unspecified atom stereocenters. The molecular formula is C20H21N5O. The number of carbonyl (C=O) groups excluding carboxylic acids is 1. The Morgan fingerprint density at radius 3 is 2.77 bits per heavy atom. The van der Waals surface area contributed by atoms with E-state index in [-0.39, 0.29) is 5.78 Å². The van der Waals surface area contributed by atoms with Crippen LogP contribution in [0.4, 0.5) is 0 Å². The van der Waals surface area contributed by atoms with Crippen molar-refractivity contribution in [2.45, 2.75) is 6.42 Å². The summed E-state index contributed by atoms with van der Waals surface area (Å²) in [4.78, 5) is 20.0. The van der Waals surface area contributed by atoms with Gasteiger partial charge in [0.25, 0.3) is 0 Å². The van der Waals surface area contributed by atoms with Crippen LogP contribution in [0.25, 0.3) is 17.2 Å². The number of fused-ring (bicyclic) bond motifs is 1. The van der Waals surface area contributed by atoms with Gasteiger partial charge in [-0.3, -0.25) is 14.5 Å². The lowest BCUT2D eigenvalue weighted by atomic mass is 9.90. The molecule has 4 rings (SSSR count). The number of aromatic nitrogens is 3. The van der Waals surface area contributed by atoms with Gasteiger partial charge in [-0.15, -0.1) is 0 Å². The quantitative estimate of drug-likeness (QED) is 0.904. The molecule has 0 spiro atoms. The highest BCUT2D eigenvalue weighted by Gasteiger charge is 2.25. The first-order valence-corrected chi connectivity index (χ1v) is 8.59. The number of nitrogens with one attached hydrogen (secondary N) is 1. The van der Waals surface area contributed by atoms with Crippen molar-refractivity contribution in [3.63, 3.8) is 0 Å². The third kappa shape index (κ3) is 2.73. The minimum Gasteiger partial charge on any atom is -0.375 e. The first-order valence-electron chi connectivity index (χ1n) is 8.59. The fraction of sp³-hybridized carbons (Fsp3) is 0.250. The Hall–Kier alpha value is -3.15. The number of pyridine rings is 1. The van der Waals surface area contributed by atoms with Crippen LogP contribution in [0.3, 0.4) is 0 Å². The van der Waals surface area contributed by atoms with E-state index in [1.165, 1.54) is 0 Å². The molecule has 0 amide bonds. The Morgan fingerprint density at radius 1 is 1.19 bits per heavy atom. The van der Waals surface area contributed by atoms with Crippen LogP contribution in [0.5, 0.6) is 0 Å². The molecule has 0 radical (unpaired) electrons. The SMILES string of the molecule is CNC1=CC2=C(C/C=C\c3ncc(-c4cnn(C)c4)cc3C2=O)CN1C. The van der Waals surface area contributed by atoms with Gasteiger partial charge >= 0.3 is 0 Å². The summed E-state index contributed by atoms with van der Waals surface area (Å²) in [5.74, 6) is 0.970. The second-order valence-electron chi connectivity index (χ2n) is 6.65. The first kappa shape index (κ1) is 16.3. The monoisotopic (exact) mass is 347 g/mol. The molecule has 0 saturated heterocycles. The molecule has 1 aliphatic heterocycles. The fourth-order valence-corrected chi connectivity index (χ4v) is 3.45. The van der Waals surface area contributed by atoms with Gasteiger partial charge in [-0.2, -0.15) is 5.10 Å². The van der Waals surface area contributed by atoms with Crippen molar-refractivity contribution < 1.29 is 4.79 Å². The second-order valence-corrected chi connectivity index (χ2v) is 6.65. The van der Waals surface area contributed by atoms with Crippen LogP contribution in [0, 0.1) is 0 Å². The van der Waals surface area contributed by atoms with Gasteiger partial charge in [0, 0.05) is 62.3 Å². The zero-order valence-corrected chi connectivity index (χ0v) is 15.2. The fourth-order valence-electron chi connectivity index (χ4n) is 3.45. The van der Waals surface area contributed by atoms with Gasteiger partial charge in [0.05, 0.1) is 11.9 Å². The van der Waals surface area contributed by atoms with Crippen molar-refractivity contribution in [2.24, 2.45) is 7.05 Å². The van der Waals surface area contributed by atoms with Crippen LogP contribution in [0.1, 0.15) is 22.5 Å². The molecule has 6 heteroatoms. The Morgan fingerprint density at radius 2 is 2.04 bits per heavy atom. The van der Waals surface area contributed by atoms with Crippen molar-refractivity contribution in [3.05, 3.63) is 65.0 Å². The molecule has 1 N–H and O–H groups in total. The Bertz CT molecular complexity index is 980. The highest BCUT2D eigenvalue weighted by atomic mass is 16.1. The molecule has 0 saturated carbocycles. The first-order chi connectivity index (χ1) is 12.6. The number of carbonyl (C=O) groups is 1. The number of rotatable bonds is 2. The van der Waals surface area contributed by atoms with Crippen LogP contribution < -0.4 is 5.32 Å². The Labute approximate surface area is 152 Å². The summed E-state index contributed by atoms with van der Waals surface area (Å²) in [6.07, 6.45) is 12.2. The predicted octanol–water partition coefficient (Wildman–Crippen LogP) is 2.38. The van der Waals surface area contributed by atoms with E-state index in [1.54, 1.807) is 17.1 Å². The van der Waals surface area contributed by atoms with E-state index >= 15 is 0 Å². The summed E-state index contributed by atoms with van der Waals surface area (Å²) < 4.78 is 1.74. The number of aryl methyl sites for hydroxylation is 1. The van der Waals surface area contributed by atoms with E-state index in [1.807, 2.05) is 45.6 Å². The van der Waals surface area contributed by atoms with Crippen LogP contribution >= 0.6 is 0 Å². The van der Waals surface area contributed by atoms with Crippen molar-refractivity contribution in [2.75, 3.05) is 20.6 Å². The van der Waals surface area contributed by atoms with E-state index in [9.17, 15) is 4.79 Å². The van der Waals surface area contributed by atoms with E-state index in [4.69, 9.17) is 0 Å². The molecule has 2 aliphatic rings. The lowest BCUT2D eigenvalue weighted by Crippen LogP contribution is -2.32. The Kier molecular flexibility index (Phi) is 3.95. The standard InChI is InChI=1S/C20H21N5O/c1-21-19-8-16-13(11-24(19)2)5-4-6-18-17(20(16)26)7-14(9-22-18)15-10-23-25(3)12-15/h4,6-10,12,21H,5,11H2,1-3H3/b6-4-. The predicted molar refractivity (Wildman–Crippen MR) is 101 cm³/mol. The van der Waals surface area contributed by atoms with Gasteiger partial charge in [-0.1, -0.05) is 6.08 Å². The maximum absolute atomic E-state index is 13.3. The number of Topliss-reactive ketones (excluding diaryl/α,β-unsaturated/α-hetero) is 1. The van der Waals surface area contributed by atoms with Crippen LogP contribution in [0.15, 0.2) is 53.8 Å². The smallest absolute Gasteiger partial charge is 0.195 e. The van der Waals surface area contributed by atoms with E-state index in [0.29, 0.717) is 11.3 Å². The molecule has 0 fully saturated rings. The second kappa shape index (κ2) is 6.29. The normalized spacial score (nSPS) is 17.9. The molecule has 0 atom stereocenters. The molecule has 0 aromatic carbocycles. The molecule has 0 bridgehead atoms. The highest BCUT2D eigenvalue weighted by molar-refractivity contribution is 6.13. The van der Waals surface area contributed by atoms with Crippen molar-refractivity contribution in [1.82, 2.24) is 25.0 Å². The highest BCUT2D eigenvalue weighted by Crippen LogP contribution is 2.29. The minimum absolute atomic E-state index is 0.0263. The van der Waals surface area contributed by atoms with Crippen molar-refractivity contribution in [1.29, 1.82) is 0 Å². The third-order valence-electron chi connectivity index (χ3n) is 4.84. The summed E-state index contributed by atoms with van der Waals surface area (Å²) in [6, 6.07) is 1.92. The molecule has 2 aromatic heterocycles. The molecule has 132 valence electrons. The third-order valence-corrected chi connectivity index (χ3v) is 4.84. The summed E-state index contributed by atoms with van der Waals surface area (Å²) in [5, 5.41) is 7.37. The number of hydrogen-bond donors (Lipinski definition) is 1. The number of ketones is 1. The average Bonchev–Trinajstić information content (AvgIpc) is 3.07. The maximum atomic E-state index is 13.3. The zero-order valence-electron chi connectivity index (χ0n) is 15.2. The topological polar surface area (TPSA) is 63.1 Å². The molecule has 3 heterocycles. The van der Waals surface area contributed by atoms with Crippen LogP contribution in [-0.2, 0) is 7.05 Å². The molecule has 6 nitrogen and oxygen atoms in total. The van der Waals surface area contributed by atoms with E-state index in [2.05, 4.69) is 26.4 Å². The number of nitrogens with zero attached hydrogens (tertiary/aromatic N) is 4. The lowest BCUT2D eigenvalue weighted by molar-refractivity contribution is 0.103. The molecular weight excluding hydrogens is 326 g/mol. The summed E-state index contributed by atoms with van der Waals surface area (Å²) >= 11 is 0. The Balaban J connectivity index is 1.83. The van der Waals surface area contributed by atoms with Gasteiger partial charge in [0.1, 0.15) is 5.82 Å². The van der Waals surface area contributed by atoms with Gasteiger partial charge in [-0.25, -0.2) is 0 Å². The lowest BCUT2D eigenvalue weighted by Gasteiger charge is -2.29. The van der Waals surface area contributed by atoms with E-state index < -0.39 is 0 Å². The molecule has 2 aromatic rings. The zero-order chi connectivity index (χ0) is 18.3. The summed E-state index contributed by atoms with van der Waals surface area (Å²) in [6.45, 7) is 0.739. The van der Waals surface area contributed by atoms with Gasteiger partial charge in [-0.05, 0) is 30.2 Å². The van der Waals surface area contributed by atoms with Gasteiger partial charge < -0.3 is 10.2 Å². The number of likely N-dealkylation sites (N-methyl/N-ethyl adjacent to an activating group) is 1. The van der Waals surface area contributed by atoms with E-state index in [0.717, 1.165) is 41.1 Å². The summed E-state index contributed by atoms with van der Waals surface area (Å²) in [5.41, 5.74) is 5.09. The van der Waals surface area contributed by atoms with Crippen molar-refractivity contribution in [3.8, 4) is 11.1 Å².